The van der Waals surface area contributed by atoms with Gasteiger partial charge < -0.3 is 10.8 Å². The lowest BCUT2D eigenvalue weighted by molar-refractivity contribution is 0.199. The van der Waals surface area contributed by atoms with Crippen LogP contribution in [0.25, 0.3) is 0 Å². The molecule has 0 fully saturated rings. The van der Waals surface area contributed by atoms with E-state index in [4.69, 9.17) is 16.1 Å². The molecule has 1 unspecified atom stereocenters. The first-order valence-corrected chi connectivity index (χ1v) is 3.64. The van der Waals surface area contributed by atoms with E-state index >= 15 is 0 Å². The van der Waals surface area contributed by atoms with Crippen LogP contribution >= 0.6 is 0 Å². The van der Waals surface area contributed by atoms with Gasteiger partial charge in [-0.1, -0.05) is 30.3 Å². The highest BCUT2D eigenvalue weighted by molar-refractivity contribution is 5.21. The average Bonchev–Trinajstić information content (AvgIpc) is 2.17. The fourth-order valence-electron chi connectivity index (χ4n) is 0.938. The fourth-order valence-corrected chi connectivity index (χ4v) is 0.938. The van der Waals surface area contributed by atoms with Gasteiger partial charge in [-0.25, -0.2) is 0 Å². The molecule has 12 heavy (non-hydrogen) atoms. The quantitative estimate of drug-likeness (QED) is 0.624. The van der Waals surface area contributed by atoms with E-state index in [0.29, 0.717) is 0 Å². The van der Waals surface area contributed by atoms with Crippen LogP contribution in [0.5, 0.6) is 0 Å². The lowest BCUT2D eigenvalue weighted by atomic mass is 10.0. The highest BCUT2D eigenvalue weighted by Gasteiger charge is 2.14. The van der Waals surface area contributed by atoms with Crippen LogP contribution in [0, 0.1) is 11.3 Å². The lowest BCUT2D eigenvalue weighted by Crippen LogP contribution is -2.24. The smallest absolute Gasteiger partial charge is 0.159 e. The lowest BCUT2D eigenvalue weighted by Gasteiger charge is -2.11. The Morgan fingerprint density at radius 1 is 1.33 bits per heavy atom. The zero-order valence-electron chi connectivity index (χ0n) is 6.51. The van der Waals surface area contributed by atoms with E-state index in [2.05, 4.69) is 0 Å². The van der Waals surface area contributed by atoms with Crippen molar-refractivity contribution in [3.8, 4) is 6.07 Å². The van der Waals surface area contributed by atoms with Crippen LogP contribution in [0.2, 0.25) is 0 Å². The summed E-state index contributed by atoms with van der Waals surface area (Å²) in [6.07, 6.45) is -1.13. The Labute approximate surface area is 71.1 Å². The Bertz CT molecular complexity index is 278. The summed E-state index contributed by atoms with van der Waals surface area (Å²) >= 11 is 0. The van der Waals surface area contributed by atoms with Gasteiger partial charge in [0.25, 0.3) is 0 Å². The Morgan fingerprint density at radius 2 is 1.92 bits per heavy atom. The van der Waals surface area contributed by atoms with E-state index in [9.17, 15) is 0 Å². The summed E-state index contributed by atoms with van der Waals surface area (Å²) < 4.78 is 0. The molecule has 2 atom stereocenters. The van der Waals surface area contributed by atoms with Crippen LogP contribution in [0.3, 0.4) is 0 Å². The van der Waals surface area contributed by atoms with E-state index in [0.717, 1.165) is 5.56 Å². The van der Waals surface area contributed by atoms with E-state index in [1.54, 1.807) is 18.2 Å². The molecule has 0 aliphatic carbocycles. The standard InChI is InChI=1S/C9H10N2O/c10-6-8(12)9(11)7-4-2-1-3-5-7/h1-5,8-9,12H,11H2/t8?,9-/m0/s1. The van der Waals surface area contributed by atoms with Gasteiger partial charge in [0.15, 0.2) is 6.10 Å². The molecule has 1 aromatic carbocycles. The maximum atomic E-state index is 9.09. The van der Waals surface area contributed by atoms with Crippen molar-refractivity contribution in [2.45, 2.75) is 12.1 Å². The minimum atomic E-state index is -1.13. The summed E-state index contributed by atoms with van der Waals surface area (Å²) in [5.74, 6) is 0. The summed E-state index contributed by atoms with van der Waals surface area (Å²) in [7, 11) is 0. The molecule has 0 radical (unpaired) electrons. The zero-order valence-corrected chi connectivity index (χ0v) is 6.51. The Hall–Kier alpha value is -1.37. The average molecular weight is 162 g/mol. The van der Waals surface area contributed by atoms with Crippen LogP contribution < -0.4 is 5.73 Å². The Morgan fingerprint density at radius 3 is 2.42 bits per heavy atom. The maximum Gasteiger partial charge on any atom is 0.159 e. The van der Waals surface area contributed by atoms with Gasteiger partial charge in [0.05, 0.1) is 12.1 Å². The second-order valence-corrected chi connectivity index (χ2v) is 2.51. The van der Waals surface area contributed by atoms with Crippen molar-refractivity contribution in [3.63, 3.8) is 0 Å². The third-order valence-electron chi connectivity index (χ3n) is 1.66. The van der Waals surface area contributed by atoms with Gasteiger partial charge in [-0.05, 0) is 5.56 Å². The van der Waals surface area contributed by atoms with Gasteiger partial charge in [-0.2, -0.15) is 5.26 Å². The summed E-state index contributed by atoms with van der Waals surface area (Å²) in [6, 6.07) is 10.1. The number of nitrogens with zero attached hydrogens (tertiary/aromatic N) is 1. The van der Waals surface area contributed by atoms with Gasteiger partial charge in [0, 0.05) is 0 Å². The van der Waals surface area contributed by atoms with Gasteiger partial charge in [0.1, 0.15) is 0 Å². The topological polar surface area (TPSA) is 70.0 Å². The number of aliphatic hydroxyl groups is 1. The molecule has 3 heteroatoms. The molecule has 0 bridgehead atoms. The van der Waals surface area contributed by atoms with Crippen LogP contribution in [-0.4, -0.2) is 11.2 Å². The monoisotopic (exact) mass is 162 g/mol. The van der Waals surface area contributed by atoms with Crippen molar-refractivity contribution in [2.75, 3.05) is 0 Å². The number of aliphatic hydroxyl groups excluding tert-OH is 1. The van der Waals surface area contributed by atoms with Crippen LogP contribution in [0.15, 0.2) is 30.3 Å². The number of hydrogen-bond acceptors (Lipinski definition) is 3. The molecule has 62 valence electrons. The largest absolute Gasteiger partial charge is 0.376 e. The van der Waals surface area contributed by atoms with Crippen LogP contribution in [-0.2, 0) is 0 Å². The molecule has 0 spiro atoms. The number of nitriles is 1. The molecule has 1 aromatic rings. The minimum Gasteiger partial charge on any atom is -0.376 e. The van der Waals surface area contributed by atoms with Gasteiger partial charge in [0.2, 0.25) is 0 Å². The zero-order chi connectivity index (χ0) is 8.97. The summed E-state index contributed by atoms with van der Waals surface area (Å²) in [6.45, 7) is 0. The molecular formula is C9H10N2O. The summed E-state index contributed by atoms with van der Waals surface area (Å²) in [5, 5.41) is 17.5. The summed E-state index contributed by atoms with van der Waals surface area (Å²) in [4.78, 5) is 0. The van der Waals surface area contributed by atoms with Crippen molar-refractivity contribution in [2.24, 2.45) is 5.73 Å². The molecule has 0 aromatic heterocycles. The van der Waals surface area contributed by atoms with Gasteiger partial charge >= 0.3 is 0 Å². The van der Waals surface area contributed by atoms with Gasteiger partial charge in [-0.3, -0.25) is 0 Å². The van der Waals surface area contributed by atoms with Crippen LogP contribution in [0.4, 0.5) is 0 Å². The number of benzene rings is 1. The van der Waals surface area contributed by atoms with Gasteiger partial charge in [-0.15, -0.1) is 0 Å². The third kappa shape index (κ3) is 1.82. The molecule has 0 aliphatic heterocycles. The molecule has 0 heterocycles. The molecule has 0 aliphatic rings. The van der Waals surface area contributed by atoms with Crippen LogP contribution in [0.1, 0.15) is 11.6 Å². The highest BCUT2D eigenvalue weighted by atomic mass is 16.3. The second-order valence-electron chi connectivity index (χ2n) is 2.51. The number of rotatable bonds is 2. The first-order valence-electron chi connectivity index (χ1n) is 3.64. The Kier molecular flexibility index (Phi) is 2.81. The van der Waals surface area contributed by atoms with Crippen molar-refractivity contribution >= 4 is 0 Å². The van der Waals surface area contributed by atoms with Crippen molar-refractivity contribution in [1.29, 1.82) is 5.26 Å². The molecule has 0 amide bonds. The highest BCUT2D eigenvalue weighted by Crippen LogP contribution is 2.12. The first-order chi connectivity index (χ1) is 5.75. The van der Waals surface area contributed by atoms with E-state index in [-0.39, 0.29) is 0 Å². The molecule has 0 saturated carbocycles. The molecule has 3 N–H and O–H groups in total. The first kappa shape index (κ1) is 8.72. The second kappa shape index (κ2) is 3.86. The van der Waals surface area contributed by atoms with E-state index in [1.807, 2.05) is 18.2 Å². The third-order valence-corrected chi connectivity index (χ3v) is 1.66. The molecule has 0 saturated heterocycles. The van der Waals surface area contributed by atoms with Crippen molar-refractivity contribution in [1.82, 2.24) is 0 Å². The minimum absolute atomic E-state index is 0.615. The fraction of sp³-hybridized carbons (Fsp3) is 0.222. The summed E-state index contributed by atoms with van der Waals surface area (Å²) in [5.41, 5.74) is 6.35. The SMILES string of the molecule is N#CC(O)[C@@H](N)c1ccccc1. The van der Waals surface area contributed by atoms with E-state index < -0.39 is 12.1 Å². The molecule has 3 nitrogen and oxygen atoms in total. The number of nitrogens with two attached hydrogens (primary N) is 1. The normalized spacial score (nSPS) is 14.8. The van der Waals surface area contributed by atoms with Crippen molar-refractivity contribution in [3.05, 3.63) is 35.9 Å². The molecular weight excluding hydrogens is 152 g/mol. The molecule has 1 rings (SSSR count). The predicted octanol–water partition coefficient (Wildman–Crippen LogP) is 0.571. The number of hydrogen-bond donors (Lipinski definition) is 2. The predicted molar refractivity (Wildman–Crippen MR) is 45.0 cm³/mol. The van der Waals surface area contributed by atoms with Crippen molar-refractivity contribution < 1.29 is 5.11 Å². The van der Waals surface area contributed by atoms with E-state index in [1.165, 1.54) is 0 Å². The maximum absolute atomic E-state index is 9.09. The Balaban J connectivity index is 2.80.